The van der Waals surface area contributed by atoms with Crippen molar-refractivity contribution in [3.05, 3.63) is 114 Å². The lowest BCUT2D eigenvalue weighted by Gasteiger charge is -2.25. The summed E-state index contributed by atoms with van der Waals surface area (Å²) in [7, 11) is 1.68. The molecule has 30 heavy (non-hydrogen) atoms. The lowest BCUT2D eigenvalue weighted by molar-refractivity contribution is 0.415. The van der Waals surface area contributed by atoms with Crippen LogP contribution in [0.3, 0.4) is 0 Å². The minimum absolute atomic E-state index is 0.774. The number of para-hydroxylation sites is 1. The van der Waals surface area contributed by atoms with Crippen LogP contribution in [0, 0.1) is 0 Å². The molecule has 0 aromatic heterocycles. The van der Waals surface area contributed by atoms with Gasteiger partial charge in [-0.2, -0.15) is 0 Å². The van der Waals surface area contributed by atoms with Gasteiger partial charge in [-0.1, -0.05) is 54.6 Å². The van der Waals surface area contributed by atoms with E-state index in [0.29, 0.717) is 0 Å². The molecule has 0 radical (unpaired) electrons. The van der Waals surface area contributed by atoms with E-state index in [0.717, 1.165) is 39.6 Å². The molecule has 0 fully saturated rings. The summed E-state index contributed by atoms with van der Waals surface area (Å²) in [5.41, 5.74) is 12.1. The van der Waals surface area contributed by atoms with Gasteiger partial charge in [0, 0.05) is 22.7 Å². The monoisotopic (exact) mass is 392 g/mol. The highest BCUT2D eigenvalue weighted by Gasteiger charge is 2.12. The summed E-state index contributed by atoms with van der Waals surface area (Å²) in [5, 5.41) is 0. The molecule has 4 aromatic rings. The second kappa shape index (κ2) is 9.01. The zero-order valence-electron chi connectivity index (χ0n) is 16.9. The Morgan fingerprint density at radius 3 is 1.60 bits per heavy atom. The zero-order valence-corrected chi connectivity index (χ0v) is 16.9. The van der Waals surface area contributed by atoms with Crippen LogP contribution in [0.2, 0.25) is 0 Å². The Morgan fingerprint density at radius 1 is 0.600 bits per heavy atom. The highest BCUT2D eigenvalue weighted by molar-refractivity contribution is 5.78. The Balaban J connectivity index is 1.63. The van der Waals surface area contributed by atoms with Crippen molar-refractivity contribution in [2.75, 3.05) is 17.7 Å². The summed E-state index contributed by atoms with van der Waals surface area (Å²) in [6.07, 6.45) is 4.20. The van der Waals surface area contributed by atoms with Gasteiger partial charge in [0.2, 0.25) is 0 Å². The number of methoxy groups -OCH3 is 1. The van der Waals surface area contributed by atoms with Gasteiger partial charge in [0.15, 0.2) is 0 Å². The molecule has 0 spiro atoms. The van der Waals surface area contributed by atoms with E-state index < -0.39 is 0 Å². The van der Waals surface area contributed by atoms with E-state index >= 15 is 0 Å². The van der Waals surface area contributed by atoms with Crippen LogP contribution in [0.15, 0.2) is 103 Å². The fourth-order valence-corrected chi connectivity index (χ4v) is 3.29. The minimum Gasteiger partial charge on any atom is -0.497 e. The number of rotatable bonds is 6. The van der Waals surface area contributed by atoms with Crippen LogP contribution < -0.4 is 15.4 Å². The fraction of sp³-hybridized carbons (Fsp3) is 0.0370. The second-order valence-electron chi connectivity index (χ2n) is 6.96. The predicted octanol–water partition coefficient (Wildman–Crippen LogP) is 6.92. The van der Waals surface area contributed by atoms with Crippen molar-refractivity contribution < 1.29 is 4.74 Å². The summed E-state index contributed by atoms with van der Waals surface area (Å²) < 4.78 is 5.31. The molecule has 2 N–H and O–H groups in total. The lowest BCUT2D eigenvalue weighted by atomic mass is 10.1. The molecule has 0 aliphatic carbocycles. The molecule has 4 rings (SSSR count). The Labute approximate surface area is 177 Å². The van der Waals surface area contributed by atoms with Crippen LogP contribution in [-0.4, -0.2) is 7.11 Å². The number of nitrogens with two attached hydrogens (primary N) is 1. The van der Waals surface area contributed by atoms with Crippen LogP contribution in [0.25, 0.3) is 12.2 Å². The van der Waals surface area contributed by atoms with Crippen molar-refractivity contribution in [1.82, 2.24) is 0 Å². The highest BCUT2D eigenvalue weighted by Crippen LogP contribution is 2.35. The third-order valence-corrected chi connectivity index (χ3v) is 4.90. The van der Waals surface area contributed by atoms with Crippen molar-refractivity contribution in [3.63, 3.8) is 0 Å². The first-order chi connectivity index (χ1) is 14.7. The van der Waals surface area contributed by atoms with Crippen molar-refractivity contribution in [1.29, 1.82) is 0 Å². The van der Waals surface area contributed by atoms with Crippen LogP contribution in [-0.2, 0) is 0 Å². The SMILES string of the molecule is COc1ccc(N(c2ccccc2)c2ccc(/C=C/c3ccc(N)cc3)cc2)cc1. The van der Waals surface area contributed by atoms with Gasteiger partial charge >= 0.3 is 0 Å². The van der Waals surface area contributed by atoms with E-state index in [-0.39, 0.29) is 0 Å². The van der Waals surface area contributed by atoms with Crippen molar-refractivity contribution in [2.45, 2.75) is 0 Å². The number of hydrogen-bond acceptors (Lipinski definition) is 3. The van der Waals surface area contributed by atoms with Crippen molar-refractivity contribution >= 4 is 34.9 Å². The Morgan fingerprint density at radius 2 is 1.07 bits per heavy atom. The number of hydrogen-bond donors (Lipinski definition) is 1. The minimum atomic E-state index is 0.774. The molecule has 0 saturated carbocycles. The quantitative estimate of drug-likeness (QED) is 0.286. The number of nitrogens with zero attached hydrogens (tertiary/aromatic N) is 1. The van der Waals surface area contributed by atoms with Gasteiger partial charge in [0.25, 0.3) is 0 Å². The summed E-state index contributed by atoms with van der Waals surface area (Å²) in [6, 6.07) is 34.8. The Kier molecular flexibility index (Phi) is 5.81. The maximum absolute atomic E-state index is 5.76. The molecular weight excluding hydrogens is 368 g/mol. The van der Waals surface area contributed by atoms with E-state index in [1.807, 2.05) is 42.5 Å². The standard InChI is InChI=1S/C27H24N2O/c1-30-27-19-17-26(18-20-27)29(24-5-3-2-4-6-24)25-15-11-22(12-16-25)8-7-21-9-13-23(28)14-10-21/h2-20H,28H2,1H3/b8-7+. The summed E-state index contributed by atoms with van der Waals surface area (Å²) in [5.74, 6) is 0.843. The second-order valence-corrected chi connectivity index (χ2v) is 6.96. The number of benzene rings is 4. The molecule has 0 aliphatic rings. The normalized spacial score (nSPS) is 10.8. The van der Waals surface area contributed by atoms with Gasteiger partial charge in [-0.05, 0) is 71.8 Å². The summed E-state index contributed by atoms with van der Waals surface area (Å²) in [4.78, 5) is 2.23. The molecule has 0 aliphatic heterocycles. The van der Waals surface area contributed by atoms with Crippen LogP contribution >= 0.6 is 0 Å². The topological polar surface area (TPSA) is 38.5 Å². The van der Waals surface area contributed by atoms with Crippen LogP contribution in [0.5, 0.6) is 5.75 Å². The van der Waals surface area contributed by atoms with Gasteiger partial charge in [-0.25, -0.2) is 0 Å². The van der Waals surface area contributed by atoms with E-state index in [1.54, 1.807) is 7.11 Å². The van der Waals surface area contributed by atoms with E-state index in [4.69, 9.17) is 10.5 Å². The van der Waals surface area contributed by atoms with E-state index in [9.17, 15) is 0 Å². The molecule has 3 heteroatoms. The van der Waals surface area contributed by atoms with E-state index in [1.165, 1.54) is 0 Å². The van der Waals surface area contributed by atoms with Gasteiger partial charge in [0.05, 0.1) is 7.11 Å². The van der Waals surface area contributed by atoms with Gasteiger partial charge in [0.1, 0.15) is 5.75 Å². The smallest absolute Gasteiger partial charge is 0.119 e. The maximum Gasteiger partial charge on any atom is 0.119 e. The molecule has 0 bridgehead atoms. The fourth-order valence-electron chi connectivity index (χ4n) is 3.29. The number of ether oxygens (including phenoxy) is 1. The average molecular weight is 393 g/mol. The maximum atomic E-state index is 5.76. The molecule has 0 saturated heterocycles. The number of nitrogen functional groups attached to an aromatic ring is 1. The third-order valence-electron chi connectivity index (χ3n) is 4.90. The molecule has 0 amide bonds. The third kappa shape index (κ3) is 4.53. The predicted molar refractivity (Wildman–Crippen MR) is 127 cm³/mol. The Bertz CT molecular complexity index is 1100. The van der Waals surface area contributed by atoms with Gasteiger partial charge in [-0.15, -0.1) is 0 Å². The molecule has 0 atom stereocenters. The molecule has 0 heterocycles. The summed E-state index contributed by atoms with van der Waals surface area (Å²) >= 11 is 0. The first-order valence-corrected chi connectivity index (χ1v) is 9.86. The first-order valence-electron chi connectivity index (χ1n) is 9.86. The zero-order chi connectivity index (χ0) is 20.8. The van der Waals surface area contributed by atoms with Crippen molar-refractivity contribution in [3.8, 4) is 5.75 Å². The van der Waals surface area contributed by atoms with Crippen molar-refractivity contribution in [2.24, 2.45) is 0 Å². The molecular formula is C27H24N2O. The summed E-state index contributed by atoms with van der Waals surface area (Å²) in [6.45, 7) is 0. The molecule has 4 aromatic carbocycles. The average Bonchev–Trinajstić information content (AvgIpc) is 2.81. The molecule has 148 valence electrons. The number of anilines is 4. The lowest BCUT2D eigenvalue weighted by Crippen LogP contribution is -2.09. The Hall–Kier alpha value is -3.98. The van der Waals surface area contributed by atoms with Gasteiger partial charge in [-0.3, -0.25) is 0 Å². The molecule has 3 nitrogen and oxygen atoms in total. The first kappa shape index (κ1) is 19.3. The molecule has 0 unspecified atom stereocenters. The van der Waals surface area contributed by atoms with Crippen LogP contribution in [0.4, 0.5) is 22.7 Å². The van der Waals surface area contributed by atoms with E-state index in [2.05, 4.69) is 77.7 Å². The van der Waals surface area contributed by atoms with Crippen LogP contribution in [0.1, 0.15) is 11.1 Å². The van der Waals surface area contributed by atoms with Gasteiger partial charge < -0.3 is 15.4 Å². The highest BCUT2D eigenvalue weighted by atomic mass is 16.5. The largest absolute Gasteiger partial charge is 0.497 e.